The number of rotatable bonds is 5. The predicted octanol–water partition coefficient (Wildman–Crippen LogP) is 2.78. The van der Waals surface area contributed by atoms with Crippen molar-refractivity contribution >= 4 is 18.0 Å². The summed E-state index contributed by atoms with van der Waals surface area (Å²) in [4.78, 5) is 31.8. The molecule has 0 bridgehead atoms. The van der Waals surface area contributed by atoms with Crippen LogP contribution in [0.2, 0.25) is 0 Å². The van der Waals surface area contributed by atoms with Gasteiger partial charge in [0.25, 0.3) is 5.91 Å². The van der Waals surface area contributed by atoms with Crippen molar-refractivity contribution in [3.63, 3.8) is 0 Å². The standard InChI is InChI=1S/C23H32N4O2/c1-19-8-5-6-12-23(19)21(28)27(22(29)24-23)18-26-16-14-25(15-17-26)13-7-11-20-9-3-2-4-10-20/h2-4,7,9-11,19H,5-6,8,12-18H2,1H3,(H,24,29)/b11-7+/t19-,23+/m0/s1. The molecule has 2 aliphatic heterocycles. The van der Waals surface area contributed by atoms with Gasteiger partial charge in [-0.05, 0) is 24.3 Å². The highest BCUT2D eigenvalue weighted by molar-refractivity contribution is 6.07. The number of urea groups is 1. The van der Waals surface area contributed by atoms with Crippen molar-refractivity contribution in [3.8, 4) is 0 Å². The SMILES string of the molecule is C[C@H]1CCCC[C@@]12NC(=O)N(CN1CCN(C/C=C/c3ccccc3)CC1)C2=O. The average Bonchev–Trinajstić information content (AvgIpc) is 2.97. The van der Waals surface area contributed by atoms with Crippen molar-refractivity contribution in [2.45, 2.75) is 38.1 Å². The molecule has 1 spiro atoms. The maximum atomic E-state index is 13.1. The second kappa shape index (κ2) is 8.67. The minimum absolute atomic E-state index is 0.0112. The van der Waals surface area contributed by atoms with Crippen LogP contribution in [0.4, 0.5) is 4.79 Å². The molecule has 1 N–H and O–H groups in total. The second-order valence-corrected chi connectivity index (χ2v) is 8.65. The van der Waals surface area contributed by atoms with E-state index in [0.717, 1.165) is 58.4 Å². The van der Waals surface area contributed by atoms with Crippen molar-refractivity contribution in [2.75, 3.05) is 39.4 Å². The highest BCUT2D eigenvalue weighted by Gasteiger charge is 2.55. The predicted molar refractivity (Wildman–Crippen MR) is 114 cm³/mol. The summed E-state index contributed by atoms with van der Waals surface area (Å²) in [6, 6.07) is 10.1. The number of imide groups is 1. The Morgan fingerprint density at radius 1 is 1.07 bits per heavy atom. The summed E-state index contributed by atoms with van der Waals surface area (Å²) in [7, 11) is 0. The first-order valence-electron chi connectivity index (χ1n) is 10.9. The summed E-state index contributed by atoms with van der Waals surface area (Å²) in [5, 5.41) is 3.05. The molecule has 1 aromatic carbocycles. The van der Waals surface area contributed by atoms with Gasteiger partial charge in [-0.15, -0.1) is 0 Å². The Kier molecular flexibility index (Phi) is 6.01. The fraction of sp³-hybridized carbons (Fsp3) is 0.565. The van der Waals surface area contributed by atoms with Crippen LogP contribution in [0.1, 0.15) is 38.2 Å². The van der Waals surface area contributed by atoms with E-state index in [0.29, 0.717) is 6.67 Å². The Bertz CT molecular complexity index is 757. The van der Waals surface area contributed by atoms with Gasteiger partial charge in [0, 0.05) is 32.7 Å². The van der Waals surface area contributed by atoms with Crippen LogP contribution < -0.4 is 5.32 Å². The molecule has 29 heavy (non-hydrogen) atoms. The Hall–Kier alpha value is -2.18. The van der Waals surface area contributed by atoms with Gasteiger partial charge in [-0.3, -0.25) is 14.6 Å². The molecule has 1 aromatic rings. The van der Waals surface area contributed by atoms with E-state index >= 15 is 0 Å². The summed E-state index contributed by atoms with van der Waals surface area (Å²) in [6.45, 7) is 7.08. The summed E-state index contributed by atoms with van der Waals surface area (Å²) in [5.74, 6) is 0.203. The first-order valence-corrected chi connectivity index (χ1v) is 10.9. The molecule has 2 heterocycles. The molecule has 3 amide bonds. The number of hydrogen-bond donors (Lipinski definition) is 1. The van der Waals surface area contributed by atoms with Crippen LogP contribution in [0.25, 0.3) is 6.08 Å². The highest BCUT2D eigenvalue weighted by atomic mass is 16.2. The van der Waals surface area contributed by atoms with E-state index in [-0.39, 0.29) is 17.9 Å². The van der Waals surface area contributed by atoms with Crippen LogP contribution in [0, 0.1) is 5.92 Å². The minimum Gasteiger partial charge on any atom is -0.323 e. The van der Waals surface area contributed by atoms with Crippen LogP contribution in [-0.2, 0) is 4.79 Å². The average molecular weight is 397 g/mol. The molecule has 1 saturated carbocycles. The van der Waals surface area contributed by atoms with E-state index in [1.54, 1.807) is 0 Å². The van der Waals surface area contributed by atoms with Crippen LogP contribution >= 0.6 is 0 Å². The second-order valence-electron chi connectivity index (χ2n) is 8.65. The van der Waals surface area contributed by atoms with E-state index in [9.17, 15) is 9.59 Å². The van der Waals surface area contributed by atoms with E-state index in [4.69, 9.17) is 0 Å². The zero-order valence-corrected chi connectivity index (χ0v) is 17.3. The third-order valence-electron chi connectivity index (χ3n) is 6.78. The number of amides is 3. The van der Waals surface area contributed by atoms with Crippen molar-refractivity contribution in [2.24, 2.45) is 5.92 Å². The van der Waals surface area contributed by atoms with Crippen LogP contribution in [0.3, 0.4) is 0 Å². The fourth-order valence-corrected chi connectivity index (χ4v) is 4.84. The molecule has 2 saturated heterocycles. The molecule has 0 aromatic heterocycles. The maximum absolute atomic E-state index is 13.1. The lowest BCUT2D eigenvalue weighted by atomic mass is 9.73. The quantitative estimate of drug-likeness (QED) is 0.778. The van der Waals surface area contributed by atoms with E-state index < -0.39 is 5.54 Å². The molecule has 0 radical (unpaired) electrons. The van der Waals surface area contributed by atoms with Crippen molar-refractivity contribution in [1.29, 1.82) is 0 Å². The summed E-state index contributed by atoms with van der Waals surface area (Å²) >= 11 is 0. The molecule has 3 fully saturated rings. The summed E-state index contributed by atoms with van der Waals surface area (Å²) in [5.41, 5.74) is 0.565. The van der Waals surface area contributed by atoms with Gasteiger partial charge < -0.3 is 5.32 Å². The number of piperazine rings is 1. The highest BCUT2D eigenvalue weighted by Crippen LogP contribution is 2.38. The summed E-state index contributed by atoms with van der Waals surface area (Å²) in [6.07, 6.45) is 8.30. The molecule has 2 atom stereocenters. The maximum Gasteiger partial charge on any atom is 0.326 e. The Morgan fingerprint density at radius 2 is 1.79 bits per heavy atom. The first kappa shape index (κ1) is 20.1. The van der Waals surface area contributed by atoms with Gasteiger partial charge in [0.15, 0.2) is 0 Å². The number of hydrogen-bond acceptors (Lipinski definition) is 4. The number of nitrogens with zero attached hydrogens (tertiary/aromatic N) is 3. The first-order chi connectivity index (χ1) is 14.1. The molecule has 0 unspecified atom stereocenters. The van der Waals surface area contributed by atoms with Gasteiger partial charge in [-0.2, -0.15) is 0 Å². The lowest BCUT2D eigenvalue weighted by molar-refractivity contribution is -0.136. The molecule has 3 aliphatic rings. The molecule has 6 heteroatoms. The van der Waals surface area contributed by atoms with Crippen LogP contribution in [0.5, 0.6) is 0 Å². The van der Waals surface area contributed by atoms with Gasteiger partial charge >= 0.3 is 6.03 Å². The van der Waals surface area contributed by atoms with Gasteiger partial charge in [0.05, 0.1) is 6.67 Å². The van der Waals surface area contributed by atoms with E-state index in [2.05, 4.69) is 46.3 Å². The van der Waals surface area contributed by atoms with Gasteiger partial charge in [-0.1, -0.05) is 62.2 Å². The molecule has 6 nitrogen and oxygen atoms in total. The molecule has 4 rings (SSSR count). The zero-order valence-electron chi connectivity index (χ0n) is 17.3. The molecule has 156 valence electrons. The zero-order chi connectivity index (χ0) is 20.3. The Morgan fingerprint density at radius 3 is 2.52 bits per heavy atom. The number of nitrogens with one attached hydrogen (secondary N) is 1. The van der Waals surface area contributed by atoms with Crippen LogP contribution in [-0.4, -0.2) is 71.6 Å². The molecular weight excluding hydrogens is 364 g/mol. The van der Waals surface area contributed by atoms with Gasteiger partial charge in [-0.25, -0.2) is 9.69 Å². The van der Waals surface area contributed by atoms with E-state index in [1.807, 2.05) is 18.2 Å². The van der Waals surface area contributed by atoms with Gasteiger partial charge in [0.2, 0.25) is 0 Å². The topological polar surface area (TPSA) is 55.9 Å². The van der Waals surface area contributed by atoms with Gasteiger partial charge in [0.1, 0.15) is 5.54 Å². The molecule has 1 aliphatic carbocycles. The van der Waals surface area contributed by atoms with Crippen molar-refractivity contribution in [1.82, 2.24) is 20.0 Å². The third-order valence-corrected chi connectivity index (χ3v) is 6.78. The molecular formula is C23H32N4O2. The Balaban J connectivity index is 1.27. The number of carbonyl (C=O) groups is 2. The smallest absolute Gasteiger partial charge is 0.323 e. The lowest BCUT2D eigenvalue weighted by Gasteiger charge is -2.38. The fourth-order valence-electron chi connectivity index (χ4n) is 4.84. The number of carbonyl (C=O) groups excluding carboxylic acids is 2. The Labute approximate surface area is 173 Å². The van der Waals surface area contributed by atoms with Crippen molar-refractivity contribution in [3.05, 3.63) is 42.0 Å². The summed E-state index contributed by atoms with van der Waals surface area (Å²) < 4.78 is 0. The van der Waals surface area contributed by atoms with Crippen LogP contribution in [0.15, 0.2) is 36.4 Å². The van der Waals surface area contributed by atoms with E-state index in [1.165, 1.54) is 10.5 Å². The normalized spacial score (nSPS) is 29.1. The monoisotopic (exact) mass is 396 g/mol. The van der Waals surface area contributed by atoms with Crippen molar-refractivity contribution < 1.29 is 9.59 Å². The largest absolute Gasteiger partial charge is 0.326 e. The minimum atomic E-state index is -0.653. The third kappa shape index (κ3) is 4.23. The number of benzene rings is 1. The lowest BCUT2D eigenvalue weighted by Crippen LogP contribution is -2.55.